The first kappa shape index (κ1) is 18.4. The van der Waals surface area contributed by atoms with Gasteiger partial charge in [0, 0.05) is 13.1 Å². The zero-order valence-corrected chi connectivity index (χ0v) is 14.3. The molecule has 3 rings (SSSR count). The first-order valence-corrected chi connectivity index (χ1v) is 8.64. The molecule has 5 nitrogen and oxygen atoms in total. The van der Waals surface area contributed by atoms with Crippen molar-refractivity contribution in [3.63, 3.8) is 0 Å². The van der Waals surface area contributed by atoms with E-state index in [1.165, 1.54) is 24.3 Å². The van der Waals surface area contributed by atoms with E-state index in [1.807, 2.05) is 12.1 Å². The van der Waals surface area contributed by atoms with Crippen molar-refractivity contribution in [3.8, 4) is 5.75 Å². The maximum atomic E-state index is 12.9. The molecular formula is C20H22FNO4. The molecule has 0 bridgehead atoms. The lowest BCUT2D eigenvalue weighted by molar-refractivity contribution is 0.0693. The Morgan fingerprint density at radius 1 is 1.23 bits per heavy atom. The fourth-order valence-corrected chi connectivity index (χ4v) is 3.37. The lowest BCUT2D eigenvalue weighted by atomic mass is 9.93. The third-order valence-electron chi connectivity index (χ3n) is 4.63. The maximum absolute atomic E-state index is 12.9. The van der Waals surface area contributed by atoms with Gasteiger partial charge in [-0.3, -0.25) is 0 Å². The van der Waals surface area contributed by atoms with E-state index in [2.05, 4.69) is 4.90 Å². The average Bonchev–Trinajstić information content (AvgIpc) is 3.09. The summed E-state index contributed by atoms with van der Waals surface area (Å²) < 4.78 is 18.3. The number of hydrogen-bond donors (Lipinski definition) is 2. The highest BCUT2D eigenvalue weighted by Crippen LogP contribution is 2.29. The van der Waals surface area contributed by atoms with Gasteiger partial charge < -0.3 is 19.8 Å². The number of nitrogens with zero attached hydrogens (tertiary/aromatic N) is 1. The number of likely N-dealkylation sites (tertiary alicyclic amines) is 1. The standard InChI is InChI=1S/C20H22FNO4/c21-15-5-7-17(8-6-15)26-13-16(23)12-22-10-9-14(11-22)18-3-1-2-4-19(18)20(24)25/h1-8,14,16,23H,9-13H2,(H,24,25). The number of halogens is 1. The lowest BCUT2D eigenvalue weighted by Gasteiger charge is -2.21. The highest BCUT2D eigenvalue weighted by atomic mass is 19.1. The number of aliphatic hydroxyl groups is 1. The largest absolute Gasteiger partial charge is 0.491 e. The molecule has 0 amide bonds. The smallest absolute Gasteiger partial charge is 0.335 e. The minimum absolute atomic E-state index is 0.124. The number of benzene rings is 2. The molecule has 26 heavy (non-hydrogen) atoms. The molecule has 0 aliphatic carbocycles. The van der Waals surface area contributed by atoms with Crippen LogP contribution in [0.2, 0.25) is 0 Å². The van der Waals surface area contributed by atoms with Crippen molar-refractivity contribution in [3.05, 3.63) is 65.5 Å². The van der Waals surface area contributed by atoms with Crippen LogP contribution in [0.25, 0.3) is 0 Å². The zero-order chi connectivity index (χ0) is 18.5. The Labute approximate surface area is 151 Å². The predicted octanol–water partition coefficient (Wildman–Crippen LogP) is 2.75. The molecule has 1 aliphatic heterocycles. The molecule has 0 spiro atoms. The number of carbonyl (C=O) groups is 1. The fourth-order valence-electron chi connectivity index (χ4n) is 3.37. The molecule has 0 aromatic heterocycles. The van der Waals surface area contributed by atoms with Crippen LogP contribution in [0.4, 0.5) is 4.39 Å². The van der Waals surface area contributed by atoms with Gasteiger partial charge >= 0.3 is 5.97 Å². The summed E-state index contributed by atoms with van der Waals surface area (Å²) >= 11 is 0. The molecule has 0 radical (unpaired) electrons. The Morgan fingerprint density at radius 3 is 2.69 bits per heavy atom. The highest BCUT2D eigenvalue weighted by molar-refractivity contribution is 5.89. The van der Waals surface area contributed by atoms with Crippen molar-refractivity contribution in [1.82, 2.24) is 4.90 Å². The number of ether oxygens (including phenoxy) is 1. The van der Waals surface area contributed by atoms with E-state index in [0.717, 1.165) is 18.5 Å². The summed E-state index contributed by atoms with van der Waals surface area (Å²) in [6.07, 6.45) is 0.184. The number of hydrogen-bond acceptors (Lipinski definition) is 4. The van der Waals surface area contributed by atoms with E-state index in [-0.39, 0.29) is 18.3 Å². The summed E-state index contributed by atoms with van der Waals surface area (Å²) in [5, 5.41) is 19.5. The molecule has 1 heterocycles. The van der Waals surface area contributed by atoms with Crippen LogP contribution < -0.4 is 4.74 Å². The van der Waals surface area contributed by atoms with E-state index < -0.39 is 12.1 Å². The van der Waals surface area contributed by atoms with E-state index in [9.17, 15) is 19.4 Å². The van der Waals surface area contributed by atoms with Crippen molar-refractivity contribution >= 4 is 5.97 Å². The van der Waals surface area contributed by atoms with Gasteiger partial charge in [0.1, 0.15) is 24.3 Å². The summed E-state index contributed by atoms with van der Waals surface area (Å²) in [5.74, 6) is -0.581. The second-order valence-electron chi connectivity index (χ2n) is 6.56. The molecule has 2 aromatic carbocycles. The predicted molar refractivity (Wildman–Crippen MR) is 95.1 cm³/mol. The molecule has 2 aromatic rings. The zero-order valence-electron chi connectivity index (χ0n) is 14.3. The molecule has 2 N–H and O–H groups in total. The van der Waals surface area contributed by atoms with E-state index in [0.29, 0.717) is 24.4 Å². The first-order chi connectivity index (χ1) is 12.5. The molecule has 6 heteroatoms. The quantitative estimate of drug-likeness (QED) is 0.796. The van der Waals surface area contributed by atoms with Gasteiger partial charge in [-0.2, -0.15) is 0 Å². The highest BCUT2D eigenvalue weighted by Gasteiger charge is 2.28. The van der Waals surface area contributed by atoms with Gasteiger partial charge in [-0.05, 0) is 54.8 Å². The second kappa shape index (κ2) is 8.29. The third kappa shape index (κ3) is 4.59. The number of aromatic carboxylic acids is 1. The minimum Gasteiger partial charge on any atom is -0.491 e. The summed E-state index contributed by atoms with van der Waals surface area (Å²) in [7, 11) is 0. The van der Waals surface area contributed by atoms with E-state index in [4.69, 9.17) is 4.74 Å². The van der Waals surface area contributed by atoms with E-state index in [1.54, 1.807) is 12.1 Å². The van der Waals surface area contributed by atoms with Crippen molar-refractivity contribution in [2.75, 3.05) is 26.2 Å². The van der Waals surface area contributed by atoms with Crippen molar-refractivity contribution in [2.24, 2.45) is 0 Å². The van der Waals surface area contributed by atoms with Crippen molar-refractivity contribution in [2.45, 2.75) is 18.4 Å². The summed E-state index contributed by atoms with van der Waals surface area (Å²) in [4.78, 5) is 13.5. The Bertz CT molecular complexity index is 750. The van der Waals surface area contributed by atoms with Gasteiger partial charge in [0.2, 0.25) is 0 Å². The average molecular weight is 359 g/mol. The van der Waals surface area contributed by atoms with Crippen LogP contribution in [0.15, 0.2) is 48.5 Å². The first-order valence-electron chi connectivity index (χ1n) is 8.64. The van der Waals surface area contributed by atoms with Gasteiger partial charge in [0.05, 0.1) is 5.56 Å². The monoisotopic (exact) mass is 359 g/mol. The maximum Gasteiger partial charge on any atom is 0.335 e. The Balaban J connectivity index is 1.51. The molecule has 0 saturated carbocycles. The number of aliphatic hydroxyl groups excluding tert-OH is 1. The fraction of sp³-hybridized carbons (Fsp3) is 0.350. The molecule has 1 saturated heterocycles. The van der Waals surface area contributed by atoms with Crippen LogP contribution in [0.5, 0.6) is 5.75 Å². The summed E-state index contributed by atoms with van der Waals surface area (Å²) in [5.41, 5.74) is 1.19. The SMILES string of the molecule is O=C(O)c1ccccc1C1CCN(CC(O)COc2ccc(F)cc2)C1. The van der Waals surface area contributed by atoms with E-state index >= 15 is 0 Å². The van der Waals surface area contributed by atoms with Crippen LogP contribution in [-0.4, -0.2) is 53.4 Å². The minimum atomic E-state index is -0.910. The van der Waals surface area contributed by atoms with Crippen LogP contribution in [0.3, 0.4) is 0 Å². The molecule has 1 fully saturated rings. The summed E-state index contributed by atoms with van der Waals surface area (Å²) in [6, 6.07) is 12.8. The number of carboxylic acids is 1. The number of rotatable bonds is 7. The molecule has 138 valence electrons. The molecule has 2 unspecified atom stereocenters. The number of carboxylic acid groups (broad SMARTS) is 1. The molecular weight excluding hydrogens is 337 g/mol. The lowest BCUT2D eigenvalue weighted by Crippen LogP contribution is -2.34. The third-order valence-corrected chi connectivity index (χ3v) is 4.63. The second-order valence-corrected chi connectivity index (χ2v) is 6.56. The normalized spacial score (nSPS) is 18.6. The molecule has 2 atom stereocenters. The molecule has 1 aliphatic rings. The van der Waals surface area contributed by atoms with Crippen LogP contribution in [-0.2, 0) is 0 Å². The topological polar surface area (TPSA) is 70.0 Å². The van der Waals surface area contributed by atoms with Crippen molar-refractivity contribution in [1.29, 1.82) is 0 Å². The van der Waals surface area contributed by atoms with Crippen LogP contribution >= 0.6 is 0 Å². The number of β-amino-alcohol motifs (C(OH)–C–C–N with tert-alkyl or cyclic N) is 1. The van der Waals surface area contributed by atoms with Gasteiger partial charge in [-0.25, -0.2) is 9.18 Å². The Morgan fingerprint density at radius 2 is 1.96 bits per heavy atom. The van der Waals surface area contributed by atoms with Gasteiger partial charge in [0.15, 0.2) is 0 Å². The van der Waals surface area contributed by atoms with Gasteiger partial charge in [-0.15, -0.1) is 0 Å². The van der Waals surface area contributed by atoms with Crippen molar-refractivity contribution < 1.29 is 24.1 Å². The van der Waals surface area contributed by atoms with Crippen LogP contribution in [0, 0.1) is 5.82 Å². The van der Waals surface area contributed by atoms with Gasteiger partial charge in [0.25, 0.3) is 0 Å². The summed E-state index contributed by atoms with van der Waals surface area (Å²) in [6.45, 7) is 2.08. The van der Waals surface area contributed by atoms with Crippen LogP contribution in [0.1, 0.15) is 28.3 Å². The Kier molecular flexibility index (Phi) is 5.85. The Hall–Kier alpha value is -2.44. The van der Waals surface area contributed by atoms with Gasteiger partial charge in [-0.1, -0.05) is 18.2 Å².